The first-order valence-electron chi connectivity index (χ1n) is 7.10. The molecule has 0 aliphatic carbocycles. The fourth-order valence-corrected chi connectivity index (χ4v) is 2.44. The van der Waals surface area contributed by atoms with E-state index in [2.05, 4.69) is 31.6 Å². The summed E-state index contributed by atoms with van der Waals surface area (Å²) in [7, 11) is 1.57. The predicted octanol–water partition coefficient (Wildman–Crippen LogP) is 3.17. The van der Waals surface area contributed by atoms with Crippen LogP contribution in [0.2, 0.25) is 0 Å². The fourth-order valence-electron chi connectivity index (χ4n) is 2.12. The first kappa shape index (κ1) is 16.9. The van der Waals surface area contributed by atoms with Crippen molar-refractivity contribution in [3.05, 3.63) is 58.3 Å². The van der Waals surface area contributed by atoms with Gasteiger partial charge in [-0.1, -0.05) is 12.1 Å². The van der Waals surface area contributed by atoms with Crippen LogP contribution in [0.4, 0.5) is 14.9 Å². The molecule has 0 saturated carbocycles. The maximum atomic E-state index is 13.5. The maximum Gasteiger partial charge on any atom is 0.348 e. The minimum absolute atomic E-state index is 0.0000258. The molecule has 9 heteroatoms. The van der Waals surface area contributed by atoms with Gasteiger partial charge in [0.1, 0.15) is 17.3 Å². The van der Waals surface area contributed by atoms with E-state index in [1.54, 1.807) is 25.2 Å². The molecule has 0 spiro atoms. The molecule has 1 fully saturated rings. The summed E-state index contributed by atoms with van der Waals surface area (Å²) in [5.41, 5.74) is 0.249. The molecule has 0 radical (unpaired) electrons. The van der Waals surface area contributed by atoms with Crippen molar-refractivity contribution in [3.63, 3.8) is 0 Å². The van der Waals surface area contributed by atoms with Gasteiger partial charge in [-0.15, -0.1) is 0 Å². The Morgan fingerprint density at radius 3 is 2.80 bits per heavy atom. The number of nitrogens with zero attached hydrogens (tertiary/aromatic N) is 2. The first-order chi connectivity index (χ1) is 11.9. The second-order valence-electron chi connectivity index (χ2n) is 5.03. The van der Waals surface area contributed by atoms with Crippen molar-refractivity contribution in [2.45, 2.75) is 0 Å². The third-order valence-corrected chi connectivity index (χ3v) is 3.76. The van der Waals surface area contributed by atoms with E-state index in [-0.39, 0.29) is 17.3 Å². The molecule has 0 atom stereocenters. The van der Waals surface area contributed by atoms with Gasteiger partial charge in [0, 0.05) is 13.1 Å². The van der Waals surface area contributed by atoms with Gasteiger partial charge in [-0.3, -0.25) is 10.1 Å². The van der Waals surface area contributed by atoms with E-state index < -0.39 is 17.8 Å². The third kappa shape index (κ3) is 3.77. The Hall–Kier alpha value is -2.94. The van der Waals surface area contributed by atoms with Crippen LogP contribution >= 0.6 is 15.9 Å². The van der Waals surface area contributed by atoms with Gasteiger partial charge in [0.15, 0.2) is 4.67 Å². The number of likely N-dealkylation sites (N-methyl/N-ethyl adjacent to an activating group) is 1. The van der Waals surface area contributed by atoms with E-state index in [0.717, 1.165) is 0 Å². The highest BCUT2D eigenvalue weighted by Gasteiger charge is 2.29. The van der Waals surface area contributed by atoms with E-state index >= 15 is 0 Å². The molecule has 2 N–H and O–H groups in total. The number of halogens is 2. The molecule has 2 heterocycles. The van der Waals surface area contributed by atoms with Gasteiger partial charge < -0.3 is 14.6 Å². The van der Waals surface area contributed by atoms with Crippen molar-refractivity contribution in [2.24, 2.45) is 4.99 Å². The highest BCUT2D eigenvalue weighted by molar-refractivity contribution is 9.10. The average molecular weight is 407 g/mol. The van der Waals surface area contributed by atoms with E-state index in [1.165, 1.54) is 29.2 Å². The van der Waals surface area contributed by atoms with Crippen LogP contribution in [-0.2, 0) is 4.79 Å². The van der Waals surface area contributed by atoms with E-state index in [4.69, 9.17) is 4.42 Å². The molecule has 2 aromatic rings. The van der Waals surface area contributed by atoms with Gasteiger partial charge in [-0.2, -0.15) is 4.99 Å². The van der Waals surface area contributed by atoms with Crippen molar-refractivity contribution in [1.29, 1.82) is 0 Å². The molecule has 0 bridgehead atoms. The lowest BCUT2D eigenvalue weighted by Gasteiger charge is -2.10. The van der Waals surface area contributed by atoms with Crippen LogP contribution in [-0.4, -0.2) is 29.8 Å². The highest BCUT2D eigenvalue weighted by Crippen LogP contribution is 2.20. The summed E-state index contributed by atoms with van der Waals surface area (Å²) in [5, 5.41) is 4.79. The lowest BCUT2D eigenvalue weighted by Crippen LogP contribution is -2.29. The van der Waals surface area contributed by atoms with Gasteiger partial charge in [0.2, 0.25) is 5.96 Å². The van der Waals surface area contributed by atoms with Crippen LogP contribution in [0.3, 0.4) is 0 Å². The Morgan fingerprint density at radius 1 is 1.36 bits per heavy atom. The molecule has 7 nitrogen and oxygen atoms in total. The number of benzene rings is 1. The SMILES string of the molecule is CN1/C(=C\c2ccc(Br)o2)C(=O)N/C1=N\C(=O)Nc1ccccc1F. The predicted molar refractivity (Wildman–Crippen MR) is 93.1 cm³/mol. The maximum absolute atomic E-state index is 13.5. The molecule has 1 aliphatic rings. The summed E-state index contributed by atoms with van der Waals surface area (Å²) in [5.74, 6) is -0.534. The number of rotatable bonds is 2. The van der Waals surface area contributed by atoms with Gasteiger partial charge in [-0.25, -0.2) is 9.18 Å². The number of hydrogen-bond acceptors (Lipinski definition) is 3. The number of para-hydroxylation sites is 1. The van der Waals surface area contributed by atoms with Gasteiger partial charge in [-0.05, 0) is 40.2 Å². The number of anilines is 1. The number of hydrogen-bond donors (Lipinski definition) is 2. The first-order valence-corrected chi connectivity index (χ1v) is 7.89. The van der Waals surface area contributed by atoms with Crippen LogP contribution in [0.15, 0.2) is 56.2 Å². The summed E-state index contributed by atoms with van der Waals surface area (Å²) >= 11 is 3.18. The van der Waals surface area contributed by atoms with Gasteiger partial charge in [0.25, 0.3) is 5.91 Å². The average Bonchev–Trinajstić information content (AvgIpc) is 3.08. The highest BCUT2D eigenvalue weighted by atomic mass is 79.9. The van der Waals surface area contributed by atoms with Crippen LogP contribution in [0.5, 0.6) is 0 Å². The van der Waals surface area contributed by atoms with E-state index in [1.807, 2.05) is 0 Å². The molecule has 1 aromatic carbocycles. The fraction of sp³-hybridized carbons (Fsp3) is 0.0625. The van der Waals surface area contributed by atoms with Crippen LogP contribution < -0.4 is 10.6 Å². The normalized spacial score (nSPS) is 17.2. The largest absolute Gasteiger partial charge is 0.450 e. The topological polar surface area (TPSA) is 86.9 Å². The molecular weight excluding hydrogens is 395 g/mol. The van der Waals surface area contributed by atoms with Crippen molar-refractivity contribution >= 4 is 45.6 Å². The summed E-state index contributed by atoms with van der Waals surface area (Å²) in [6, 6.07) is 8.27. The van der Waals surface area contributed by atoms with Gasteiger partial charge >= 0.3 is 6.03 Å². The number of furan rings is 1. The number of carbonyl (C=O) groups is 2. The molecule has 25 heavy (non-hydrogen) atoms. The van der Waals surface area contributed by atoms with Gasteiger partial charge in [0.05, 0.1) is 5.69 Å². The lowest BCUT2D eigenvalue weighted by atomic mass is 10.3. The van der Waals surface area contributed by atoms with Crippen molar-refractivity contribution in [1.82, 2.24) is 10.2 Å². The van der Waals surface area contributed by atoms with Crippen molar-refractivity contribution in [3.8, 4) is 0 Å². The summed E-state index contributed by atoms with van der Waals surface area (Å²) < 4.78 is 19.4. The monoisotopic (exact) mass is 406 g/mol. The van der Waals surface area contributed by atoms with Crippen molar-refractivity contribution < 1.29 is 18.4 Å². The molecule has 3 rings (SSSR count). The Balaban J connectivity index is 1.78. The number of aliphatic imine (C=N–C) groups is 1. The quantitative estimate of drug-likeness (QED) is 0.749. The minimum Gasteiger partial charge on any atom is -0.450 e. The number of carbonyl (C=O) groups excluding carboxylic acids is 2. The van der Waals surface area contributed by atoms with Crippen LogP contribution in [0.25, 0.3) is 6.08 Å². The second kappa shape index (κ2) is 6.89. The minimum atomic E-state index is -0.811. The molecule has 1 saturated heterocycles. The Morgan fingerprint density at radius 2 is 2.12 bits per heavy atom. The van der Waals surface area contributed by atoms with Crippen LogP contribution in [0, 0.1) is 5.82 Å². The smallest absolute Gasteiger partial charge is 0.348 e. The zero-order valence-corrected chi connectivity index (χ0v) is 14.5. The number of amides is 3. The molecule has 1 aliphatic heterocycles. The third-order valence-electron chi connectivity index (χ3n) is 3.33. The second-order valence-corrected chi connectivity index (χ2v) is 5.81. The zero-order chi connectivity index (χ0) is 18.0. The molecular formula is C16H12BrFN4O3. The number of urea groups is 1. The molecule has 1 aromatic heterocycles. The van der Waals surface area contributed by atoms with E-state index in [9.17, 15) is 14.0 Å². The molecule has 3 amide bonds. The zero-order valence-electron chi connectivity index (χ0n) is 12.9. The summed E-state index contributed by atoms with van der Waals surface area (Å²) in [6.07, 6.45) is 1.51. The Kier molecular flexibility index (Phi) is 4.66. The van der Waals surface area contributed by atoms with Crippen LogP contribution in [0.1, 0.15) is 5.76 Å². The Labute approximate surface area is 150 Å². The summed E-state index contributed by atoms with van der Waals surface area (Å²) in [6.45, 7) is 0. The summed E-state index contributed by atoms with van der Waals surface area (Å²) in [4.78, 5) is 29.2. The molecule has 128 valence electrons. The van der Waals surface area contributed by atoms with E-state index in [0.29, 0.717) is 10.4 Å². The lowest BCUT2D eigenvalue weighted by molar-refractivity contribution is -0.115. The van der Waals surface area contributed by atoms with Crippen molar-refractivity contribution in [2.75, 3.05) is 12.4 Å². The standard InChI is InChI=1S/C16H12BrFN4O3/c1-22-12(8-9-6-7-13(17)25-9)14(23)20-15(22)21-16(24)19-11-5-3-2-4-10(11)18/h2-8H,1H3,(H2,19,20,21,23,24)/b12-8-. The number of nitrogens with one attached hydrogen (secondary N) is 2. The Bertz CT molecular complexity index is 906. The molecule has 0 unspecified atom stereocenters. The number of guanidine groups is 1.